The molecule has 0 heterocycles. The van der Waals surface area contributed by atoms with Crippen molar-refractivity contribution in [2.24, 2.45) is 0 Å². The number of ether oxygens (including phenoxy) is 4. The number of hydrogen-bond acceptors (Lipinski definition) is 7. The first-order valence-electron chi connectivity index (χ1n) is 6.90. The zero-order chi connectivity index (χ0) is 15.5. The molecule has 0 bridgehead atoms. The molecule has 8 heteroatoms. The van der Waals surface area contributed by atoms with Crippen LogP contribution in [0.5, 0.6) is 0 Å². The third-order valence-electron chi connectivity index (χ3n) is 2.25. The SMILES string of the molecule is CCOCO[Si](C)(OC)OC(OCC)(OCC)OCC. The van der Waals surface area contributed by atoms with Crippen LogP contribution in [0.25, 0.3) is 0 Å². The van der Waals surface area contributed by atoms with Crippen molar-refractivity contribution >= 4 is 8.80 Å². The highest BCUT2D eigenvalue weighted by atomic mass is 28.4. The highest BCUT2D eigenvalue weighted by Gasteiger charge is 2.47. The van der Waals surface area contributed by atoms with Crippen LogP contribution >= 0.6 is 0 Å². The van der Waals surface area contributed by atoms with Crippen LogP contribution < -0.4 is 0 Å². The summed E-state index contributed by atoms with van der Waals surface area (Å²) in [6.45, 7) is 10.8. The molecule has 122 valence electrons. The molecule has 0 spiro atoms. The van der Waals surface area contributed by atoms with Crippen molar-refractivity contribution in [1.29, 1.82) is 0 Å². The van der Waals surface area contributed by atoms with Gasteiger partial charge in [0.25, 0.3) is 0 Å². The largest absolute Gasteiger partial charge is 0.504 e. The Morgan fingerprint density at radius 2 is 1.35 bits per heavy atom. The lowest BCUT2D eigenvalue weighted by atomic mass is 10.8. The Morgan fingerprint density at radius 1 is 0.850 bits per heavy atom. The Kier molecular flexibility index (Phi) is 10.6. The summed E-state index contributed by atoms with van der Waals surface area (Å²) < 4.78 is 38.3. The maximum absolute atomic E-state index is 5.79. The van der Waals surface area contributed by atoms with Gasteiger partial charge in [0.05, 0.1) is 19.8 Å². The molecule has 0 saturated carbocycles. The van der Waals surface area contributed by atoms with E-state index in [-0.39, 0.29) is 6.79 Å². The summed E-state index contributed by atoms with van der Waals surface area (Å²) in [5, 5.41) is 0. The number of rotatable bonds is 13. The number of hydrogen-bond donors (Lipinski definition) is 0. The molecule has 20 heavy (non-hydrogen) atoms. The smallest absolute Gasteiger partial charge is 0.377 e. The van der Waals surface area contributed by atoms with E-state index in [1.807, 2.05) is 27.7 Å². The van der Waals surface area contributed by atoms with Crippen molar-refractivity contribution in [3.63, 3.8) is 0 Å². The molecule has 0 aliphatic rings. The van der Waals surface area contributed by atoms with E-state index in [2.05, 4.69) is 0 Å². The molecule has 7 nitrogen and oxygen atoms in total. The quantitative estimate of drug-likeness (QED) is 0.292. The van der Waals surface area contributed by atoms with E-state index in [9.17, 15) is 0 Å². The summed E-state index contributed by atoms with van der Waals surface area (Å²) in [5.74, 6) is 0. The van der Waals surface area contributed by atoms with E-state index in [0.717, 1.165) is 0 Å². The minimum Gasteiger partial charge on any atom is -0.377 e. The second-order valence-electron chi connectivity index (χ2n) is 3.72. The van der Waals surface area contributed by atoms with Crippen molar-refractivity contribution in [2.75, 3.05) is 40.3 Å². The van der Waals surface area contributed by atoms with Crippen molar-refractivity contribution < 1.29 is 32.2 Å². The van der Waals surface area contributed by atoms with Crippen molar-refractivity contribution in [3.8, 4) is 0 Å². The van der Waals surface area contributed by atoms with Crippen molar-refractivity contribution in [2.45, 2.75) is 40.4 Å². The molecule has 1 atom stereocenters. The summed E-state index contributed by atoms with van der Waals surface area (Å²) in [4.78, 5) is 0. The molecule has 0 aromatic heterocycles. The third kappa shape index (κ3) is 7.09. The molecular formula is C12H28O7Si. The van der Waals surface area contributed by atoms with E-state index >= 15 is 0 Å². The van der Waals surface area contributed by atoms with E-state index in [4.69, 9.17) is 32.2 Å². The van der Waals surface area contributed by atoms with Gasteiger partial charge in [-0.1, -0.05) is 0 Å². The minimum absolute atomic E-state index is 0.0769. The molecule has 0 aliphatic carbocycles. The molecule has 0 aliphatic heterocycles. The van der Waals surface area contributed by atoms with E-state index in [1.165, 1.54) is 7.11 Å². The molecule has 0 fully saturated rings. The summed E-state index contributed by atoms with van der Waals surface area (Å²) in [6, 6.07) is 0. The predicted molar refractivity (Wildman–Crippen MR) is 74.9 cm³/mol. The zero-order valence-electron chi connectivity index (χ0n) is 13.4. The van der Waals surface area contributed by atoms with Gasteiger partial charge in [-0.15, -0.1) is 0 Å². The van der Waals surface area contributed by atoms with Gasteiger partial charge in [0.2, 0.25) is 0 Å². The Hall–Kier alpha value is -0.0631. The standard InChI is InChI=1S/C12H28O7Si/c1-7-14-11-18-20(6,13-5)19-12(15-8-2,16-9-3)17-10-4/h7-11H2,1-6H3. The average molecular weight is 312 g/mol. The predicted octanol–water partition coefficient (Wildman–Crippen LogP) is 1.95. The molecule has 0 aromatic carbocycles. The van der Waals surface area contributed by atoms with Gasteiger partial charge >= 0.3 is 15.0 Å². The maximum atomic E-state index is 5.79. The molecule has 1 unspecified atom stereocenters. The lowest BCUT2D eigenvalue weighted by molar-refractivity contribution is -0.478. The van der Waals surface area contributed by atoms with Crippen LogP contribution in [0.1, 0.15) is 27.7 Å². The summed E-state index contributed by atoms with van der Waals surface area (Å²) in [7, 11) is -1.50. The lowest BCUT2D eigenvalue weighted by Crippen LogP contribution is -2.54. The van der Waals surface area contributed by atoms with E-state index < -0.39 is 15.0 Å². The van der Waals surface area contributed by atoms with Crippen LogP contribution in [-0.2, 0) is 32.2 Å². The molecular weight excluding hydrogens is 284 g/mol. The Labute approximate surface area is 122 Å². The fourth-order valence-electron chi connectivity index (χ4n) is 1.33. The second kappa shape index (κ2) is 10.6. The first-order valence-corrected chi connectivity index (χ1v) is 9.12. The van der Waals surface area contributed by atoms with Gasteiger partial charge in [0, 0.05) is 20.3 Å². The van der Waals surface area contributed by atoms with Crippen molar-refractivity contribution in [1.82, 2.24) is 0 Å². The molecule has 0 radical (unpaired) electrons. The molecule has 0 N–H and O–H groups in total. The molecule has 0 saturated heterocycles. The Balaban J connectivity index is 4.85. The molecule has 0 amide bonds. The minimum atomic E-state index is -3.01. The normalized spacial score (nSPS) is 15.3. The van der Waals surface area contributed by atoms with Gasteiger partial charge < -0.3 is 27.8 Å². The first kappa shape index (κ1) is 19.9. The van der Waals surface area contributed by atoms with Gasteiger partial charge in [-0.3, -0.25) is 4.43 Å². The fraction of sp³-hybridized carbons (Fsp3) is 1.00. The van der Waals surface area contributed by atoms with Gasteiger partial charge in [0.1, 0.15) is 6.79 Å². The van der Waals surface area contributed by atoms with Crippen LogP contribution in [0.4, 0.5) is 0 Å². The summed E-state index contributed by atoms with van der Waals surface area (Å²) >= 11 is 0. The maximum Gasteiger partial charge on any atom is 0.504 e. The van der Waals surface area contributed by atoms with E-state index in [1.54, 1.807) is 6.55 Å². The van der Waals surface area contributed by atoms with Gasteiger partial charge in [-0.05, 0) is 27.7 Å². The van der Waals surface area contributed by atoms with Gasteiger partial charge in [0.15, 0.2) is 0 Å². The van der Waals surface area contributed by atoms with E-state index in [0.29, 0.717) is 26.4 Å². The van der Waals surface area contributed by atoms with Crippen LogP contribution in [0.3, 0.4) is 0 Å². The Morgan fingerprint density at radius 3 is 1.70 bits per heavy atom. The van der Waals surface area contributed by atoms with Crippen LogP contribution in [0.2, 0.25) is 6.55 Å². The highest BCUT2D eigenvalue weighted by molar-refractivity contribution is 6.59. The van der Waals surface area contributed by atoms with Crippen LogP contribution in [0.15, 0.2) is 0 Å². The third-order valence-corrected chi connectivity index (χ3v) is 4.26. The topological polar surface area (TPSA) is 64.6 Å². The van der Waals surface area contributed by atoms with Crippen molar-refractivity contribution in [3.05, 3.63) is 0 Å². The Bertz CT molecular complexity index is 225. The highest BCUT2D eigenvalue weighted by Crippen LogP contribution is 2.24. The second-order valence-corrected chi connectivity index (χ2v) is 6.35. The summed E-state index contributed by atoms with van der Waals surface area (Å²) in [5.41, 5.74) is 0. The monoisotopic (exact) mass is 312 g/mol. The molecule has 0 rings (SSSR count). The zero-order valence-corrected chi connectivity index (χ0v) is 14.4. The summed E-state index contributed by atoms with van der Waals surface area (Å²) in [6.07, 6.45) is -1.61. The van der Waals surface area contributed by atoms with Crippen LogP contribution in [0, 0.1) is 0 Å². The average Bonchev–Trinajstić information content (AvgIpc) is 2.40. The van der Waals surface area contributed by atoms with Gasteiger partial charge in [-0.25, -0.2) is 0 Å². The van der Waals surface area contributed by atoms with Crippen LogP contribution in [-0.4, -0.2) is 55.3 Å². The molecule has 0 aromatic rings. The lowest BCUT2D eigenvalue weighted by Gasteiger charge is -2.36. The van der Waals surface area contributed by atoms with Gasteiger partial charge in [-0.2, -0.15) is 0 Å². The first-order chi connectivity index (χ1) is 9.51. The fourth-order valence-corrected chi connectivity index (χ4v) is 2.52.